The van der Waals surface area contributed by atoms with E-state index in [0.29, 0.717) is 6.04 Å². The fraction of sp³-hybridized carbons (Fsp3) is 0.600. The molecule has 1 aromatic rings. The molecule has 2 rings (SSSR count). The van der Waals surface area contributed by atoms with Crippen molar-refractivity contribution in [1.82, 2.24) is 10.2 Å². The van der Waals surface area contributed by atoms with Crippen LogP contribution in [-0.2, 0) is 6.54 Å². The Morgan fingerprint density at radius 1 is 1.28 bits per heavy atom. The normalized spacial score (nSPS) is 22.1. The molecule has 1 heterocycles. The predicted octanol–water partition coefficient (Wildman–Crippen LogP) is 2.65. The van der Waals surface area contributed by atoms with Crippen molar-refractivity contribution >= 4 is 0 Å². The number of nitrogens with one attached hydrogen (secondary N) is 1. The standard InChI is InChI=1S/C15H23FN2/c1-15(2,3)14-11-18(9-8-17-14)10-12-4-6-13(16)7-5-12/h4-7,14,17H,8-11H2,1-3H3. The molecule has 1 fully saturated rings. The molecule has 1 aromatic carbocycles. The van der Waals surface area contributed by atoms with E-state index in [1.54, 1.807) is 12.1 Å². The van der Waals surface area contributed by atoms with E-state index in [1.165, 1.54) is 5.56 Å². The molecule has 0 aliphatic carbocycles. The number of benzene rings is 1. The van der Waals surface area contributed by atoms with Crippen molar-refractivity contribution in [2.75, 3.05) is 19.6 Å². The van der Waals surface area contributed by atoms with E-state index in [4.69, 9.17) is 0 Å². The average Bonchev–Trinajstić information content (AvgIpc) is 2.31. The molecule has 0 aromatic heterocycles. The van der Waals surface area contributed by atoms with Gasteiger partial charge in [0, 0.05) is 32.2 Å². The second kappa shape index (κ2) is 5.37. The Morgan fingerprint density at radius 2 is 1.94 bits per heavy atom. The van der Waals surface area contributed by atoms with Gasteiger partial charge in [-0.05, 0) is 23.1 Å². The third-order valence-electron chi connectivity index (χ3n) is 3.62. The van der Waals surface area contributed by atoms with Gasteiger partial charge in [0.25, 0.3) is 0 Å². The summed E-state index contributed by atoms with van der Waals surface area (Å²) >= 11 is 0. The maximum absolute atomic E-state index is 12.9. The SMILES string of the molecule is CC(C)(C)C1CN(Cc2ccc(F)cc2)CCN1. The largest absolute Gasteiger partial charge is 0.311 e. The average molecular weight is 250 g/mol. The number of hydrogen-bond donors (Lipinski definition) is 1. The molecule has 1 saturated heterocycles. The van der Waals surface area contributed by atoms with Crippen molar-refractivity contribution in [3.8, 4) is 0 Å². The van der Waals surface area contributed by atoms with Gasteiger partial charge in [0.1, 0.15) is 5.82 Å². The topological polar surface area (TPSA) is 15.3 Å². The second-order valence-electron chi connectivity index (χ2n) is 6.23. The molecule has 3 heteroatoms. The molecule has 1 N–H and O–H groups in total. The molecule has 100 valence electrons. The van der Waals surface area contributed by atoms with Crippen LogP contribution in [-0.4, -0.2) is 30.6 Å². The third-order valence-corrected chi connectivity index (χ3v) is 3.62. The molecule has 18 heavy (non-hydrogen) atoms. The van der Waals surface area contributed by atoms with E-state index in [9.17, 15) is 4.39 Å². The quantitative estimate of drug-likeness (QED) is 0.868. The molecule has 1 aliphatic rings. The van der Waals surface area contributed by atoms with Gasteiger partial charge in [-0.15, -0.1) is 0 Å². The molecule has 2 nitrogen and oxygen atoms in total. The summed E-state index contributed by atoms with van der Waals surface area (Å²) in [6.45, 7) is 10.9. The second-order valence-corrected chi connectivity index (χ2v) is 6.23. The lowest BCUT2D eigenvalue weighted by atomic mass is 9.85. The minimum Gasteiger partial charge on any atom is -0.311 e. The van der Waals surface area contributed by atoms with Crippen molar-refractivity contribution in [1.29, 1.82) is 0 Å². The maximum Gasteiger partial charge on any atom is 0.123 e. The number of piperazine rings is 1. The van der Waals surface area contributed by atoms with Crippen molar-refractivity contribution in [2.45, 2.75) is 33.4 Å². The van der Waals surface area contributed by atoms with Gasteiger partial charge in [0.05, 0.1) is 0 Å². The molecule has 0 radical (unpaired) electrons. The van der Waals surface area contributed by atoms with Crippen molar-refractivity contribution in [3.63, 3.8) is 0 Å². The van der Waals surface area contributed by atoms with E-state index in [-0.39, 0.29) is 11.2 Å². The van der Waals surface area contributed by atoms with Crippen LogP contribution in [0.5, 0.6) is 0 Å². The van der Waals surface area contributed by atoms with E-state index in [1.807, 2.05) is 12.1 Å². The molecule has 1 atom stereocenters. The van der Waals surface area contributed by atoms with Crippen LogP contribution in [0.15, 0.2) is 24.3 Å². The Morgan fingerprint density at radius 3 is 2.56 bits per heavy atom. The van der Waals surface area contributed by atoms with Crippen molar-refractivity contribution < 1.29 is 4.39 Å². The first-order valence-electron chi connectivity index (χ1n) is 6.65. The molecular weight excluding hydrogens is 227 g/mol. The fourth-order valence-corrected chi connectivity index (χ4v) is 2.38. The zero-order chi connectivity index (χ0) is 13.2. The highest BCUT2D eigenvalue weighted by molar-refractivity contribution is 5.16. The van der Waals surface area contributed by atoms with Crippen LogP contribution < -0.4 is 5.32 Å². The minimum absolute atomic E-state index is 0.161. The lowest BCUT2D eigenvalue weighted by Crippen LogP contribution is -2.55. The van der Waals surface area contributed by atoms with E-state index < -0.39 is 0 Å². The summed E-state index contributed by atoms with van der Waals surface area (Å²) in [7, 11) is 0. The van der Waals surface area contributed by atoms with Gasteiger partial charge in [0.15, 0.2) is 0 Å². The highest BCUT2D eigenvalue weighted by Gasteiger charge is 2.28. The monoisotopic (exact) mass is 250 g/mol. The van der Waals surface area contributed by atoms with Gasteiger partial charge in [-0.2, -0.15) is 0 Å². The van der Waals surface area contributed by atoms with Gasteiger partial charge in [-0.3, -0.25) is 4.90 Å². The number of nitrogens with zero attached hydrogens (tertiary/aromatic N) is 1. The van der Waals surface area contributed by atoms with Crippen molar-refractivity contribution in [3.05, 3.63) is 35.6 Å². The van der Waals surface area contributed by atoms with E-state index in [0.717, 1.165) is 26.2 Å². The molecule has 0 saturated carbocycles. The number of rotatable bonds is 2. The molecule has 1 aliphatic heterocycles. The van der Waals surface area contributed by atoms with Crippen LogP contribution in [0.25, 0.3) is 0 Å². The zero-order valence-corrected chi connectivity index (χ0v) is 11.5. The molecule has 0 spiro atoms. The Bertz CT molecular complexity index is 380. The number of halogens is 1. The molecule has 0 amide bonds. The summed E-state index contributed by atoms with van der Waals surface area (Å²) in [6, 6.07) is 7.36. The Balaban J connectivity index is 1.95. The Labute approximate surface area is 109 Å². The molecule has 1 unspecified atom stereocenters. The highest BCUT2D eigenvalue weighted by Crippen LogP contribution is 2.22. The van der Waals surface area contributed by atoms with Crippen LogP contribution in [0.4, 0.5) is 4.39 Å². The smallest absolute Gasteiger partial charge is 0.123 e. The molecular formula is C15H23FN2. The van der Waals surface area contributed by atoms with Crippen LogP contribution >= 0.6 is 0 Å². The summed E-state index contributed by atoms with van der Waals surface area (Å²) in [6.07, 6.45) is 0. The van der Waals surface area contributed by atoms with Gasteiger partial charge in [0.2, 0.25) is 0 Å². The van der Waals surface area contributed by atoms with Gasteiger partial charge < -0.3 is 5.32 Å². The predicted molar refractivity (Wildman–Crippen MR) is 72.9 cm³/mol. The lowest BCUT2D eigenvalue weighted by Gasteiger charge is -2.40. The Hall–Kier alpha value is -0.930. The Kier molecular flexibility index (Phi) is 4.03. The lowest BCUT2D eigenvalue weighted by molar-refractivity contribution is 0.129. The summed E-state index contributed by atoms with van der Waals surface area (Å²) in [5.74, 6) is -0.161. The van der Waals surface area contributed by atoms with Gasteiger partial charge in [-0.25, -0.2) is 4.39 Å². The fourth-order valence-electron chi connectivity index (χ4n) is 2.38. The first-order chi connectivity index (χ1) is 8.45. The minimum atomic E-state index is -0.161. The summed E-state index contributed by atoms with van der Waals surface area (Å²) < 4.78 is 12.9. The summed E-state index contributed by atoms with van der Waals surface area (Å²) in [5, 5.41) is 3.58. The summed E-state index contributed by atoms with van der Waals surface area (Å²) in [5.41, 5.74) is 1.47. The maximum atomic E-state index is 12.9. The van der Waals surface area contributed by atoms with Crippen molar-refractivity contribution in [2.24, 2.45) is 5.41 Å². The molecule has 0 bridgehead atoms. The zero-order valence-electron chi connectivity index (χ0n) is 11.5. The third kappa shape index (κ3) is 3.53. The van der Waals surface area contributed by atoms with Crippen LogP contribution in [0.2, 0.25) is 0 Å². The van der Waals surface area contributed by atoms with Crippen LogP contribution in [0.3, 0.4) is 0 Å². The van der Waals surface area contributed by atoms with Gasteiger partial charge in [-0.1, -0.05) is 32.9 Å². The summed E-state index contributed by atoms with van der Waals surface area (Å²) in [4.78, 5) is 2.44. The van der Waals surface area contributed by atoms with E-state index in [2.05, 4.69) is 31.0 Å². The van der Waals surface area contributed by atoms with Crippen LogP contribution in [0.1, 0.15) is 26.3 Å². The first-order valence-corrected chi connectivity index (χ1v) is 6.65. The number of hydrogen-bond acceptors (Lipinski definition) is 2. The first kappa shape index (κ1) is 13.5. The van der Waals surface area contributed by atoms with E-state index >= 15 is 0 Å². The van der Waals surface area contributed by atoms with Crippen LogP contribution in [0, 0.1) is 11.2 Å². The highest BCUT2D eigenvalue weighted by atomic mass is 19.1. The van der Waals surface area contributed by atoms with Gasteiger partial charge >= 0.3 is 0 Å².